The zero-order valence-electron chi connectivity index (χ0n) is 32.9. The van der Waals surface area contributed by atoms with Gasteiger partial charge in [0.2, 0.25) is 0 Å². The first kappa shape index (κ1) is 38.3. The Morgan fingerprint density at radius 2 is 1.11 bits per heavy atom. The van der Waals surface area contributed by atoms with Crippen molar-refractivity contribution in [2.45, 2.75) is 61.3 Å². The number of hydrogen-bond acceptors (Lipinski definition) is 4. The Bertz CT molecular complexity index is 2310. The molecule has 0 bridgehead atoms. The highest BCUT2D eigenvalue weighted by molar-refractivity contribution is 5.84. The summed E-state index contributed by atoms with van der Waals surface area (Å²) in [6, 6.07) is 25.6. The highest BCUT2D eigenvalue weighted by Gasteiger charge is 2.45. The van der Waals surface area contributed by atoms with Crippen LogP contribution >= 0.6 is 0 Å². The van der Waals surface area contributed by atoms with Gasteiger partial charge in [-0.2, -0.15) is 0 Å². The number of aromatic hydroxyl groups is 2. The normalized spacial score (nSPS) is 21.1. The van der Waals surface area contributed by atoms with Gasteiger partial charge in [0.1, 0.15) is 23.0 Å². The molecule has 3 atom stereocenters. The minimum Gasteiger partial charge on any atom is -0.511 e. The lowest BCUT2D eigenvalue weighted by Crippen LogP contribution is -2.39. The molecule has 0 spiro atoms. The van der Waals surface area contributed by atoms with E-state index in [0.717, 1.165) is 38.6 Å². The Hall–Kier alpha value is -5.48. The summed E-state index contributed by atoms with van der Waals surface area (Å²) in [6.45, 7) is 20.9. The van der Waals surface area contributed by atoms with Gasteiger partial charge in [-0.1, -0.05) is 139 Å². The van der Waals surface area contributed by atoms with E-state index < -0.39 is 22.2 Å². The number of hydrogen-bond donors (Lipinski definition) is 4. The third-order valence-electron chi connectivity index (χ3n) is 13.2. The van der Waals surface area contributed by atoms with Crippen molar-refractivity contribution in [3.63, 3.8) is 0 Å². The van der Waals surface area contributed by atoms with Crippen molar-refractivity contribution in [1.82, 2.24) is 0 Å². The van der Waals surface area contributed by atoms with E-state index in [1.807, 2.05) is 73.7 Å². The first-order chi connectivity index (χ1) is 25.4. The van der Waals surface area contributed by atoms with Gasteiger partial charge >= 0.3 is 0 Å². The predicted molar refractivity (Wildman–Crippen MR) is 226 cm³/mol. The molecule has 54 heavy (non-hydrogen) atoms. The molecule has 0 radical (unpaired) electrons. The molecule has 0 heterocycles. The number of fused-ring (bicyclic) bond motifs is 1. The number of benzene rings is 4. The summed E-state index contributed by atoms with van der Waals surface area (Å²) in [5.74, 6) is 0.512. The van der Waals surface area contributed by atoms with Crippen LogP contribution in [0.15, 0.2) is 152 Å². The summed E-state index contributed by atoms with van der Waals surface area (Å²) in [6.07, 6.45) is 17.5. The van der Waals surface area contributed by atoms with Crippen LogP contribution in [0.4, 0.5) is 0 Å². The lowest BCUT2D eigenvalue weighted by molar-refractivity contribution is 0.0751. The van der Waals surface area contributed by atoms with Crippen molar-refractivity contribution in [1.29, 1.82) is 0 Å². The summed E-state index contributed by atoms with van der Waals surface area (Å²) in [5, 5.41) is 48.1. The highest BCUT2D eigenvalue weighted by atomic mass is 16.3. The molecule has 0 amide bonds. The van der Waals surface area contributed by atoms with E-state index in [0.29, 0.717) is 22.8 Å². The molecular weight excluding hydrogens is 665 g/mol. The molecule has 0 saturated carbocycles. The van der Waals surface area contributed by atoms with Gasteiger partial charge in [0, 0.05) is 22.5 Å². The van der Waals surface area contributed by atoms with Crippen LogP contribution < -0.4 is 0 Å². The maximum absolute atomic E-state index is 11.7. The van der Waals surface area contributed by atoms with Gasteiger partial charge in [-0.3, -0.25) is 0 Å². The zero-order valence-corrected chi connectivity index (χ0v) is 32.9. The van der Waals surface area contributed by atoms with Crippen LogP contribution in [0.5, 0.6) is 11.5 Å². The van der Waals surface area contributed by atoms with Crippen LogP contribution in [0.1, 0.15) is 89.1 Å². The minimum absolute atomic E-state index is 0.101. The SMILES string of the molecule is C=CC(C)(C)C1(C)C=CC(c2ccc(O)c(C(c3ccc4ccccc4c3)c3cc(C4=CC=C(O)C(C)(C(C)(C)C(C)C)C=C4)ccc3O)c2)=CC=C1O. The van der Waals surface area contributed by atoms with Crippen molar-refractivity contribution in [3.8, 4) is 11.5 Å². The lowest BCUT2D eigenvalue weighted by Gasteiger charge is -2.44. The molecule has 0 aromatic heterocycles. The van der Waals surface area contributed by atoms with Crippen LogP contribution in [-0.2, 0) is 0 Å². The average Bonchev–Trinajstić information content (AvgIpc) is 3.41. The molecule has 4 heteroatoms. The Morgan fingerprint density at radius 3 is 1.63 bits per heavy atom. The number of aliphatic hydroxyl groups excluding tert-OH is 2. The molecule has 0 fully saturated rings. The van der Waals surface area contributed by atoms with E-state index in [2.05, 4.69) is 97.5 Å². The van der Waals surface area contributed by atoms with Crippen LogP contribution in [0.3, 0.4) is 0 Å². The summed E-state index contributed by atoms with van der Waals surface area (Å²) in [5.41, 5.74) is 3.74. The molecule has 4 aromatic rings. The molecule has 0 saturated heterocycles. The first-order valence-corrected chi connectivity index (χ1v) is 18.8. The average molecular weight is 719 g/mol. The molecule has 4 nitrogen and oxygen atoms in total. The van der Waals surface area contributed by atoms with E-state index >= 15 is 0 Å². The molecule has 0 aliphatic heterocycles. The van der Waals surface area contributed by atoms with Crippen molar-refractivity contribution in [2.24, 2.45) is 27.6 Å². The van der Waals surface area contributed by atoms with Gasteiger partial charge in [0.05, 0.1) is 5.41 Å². The largest absolute Gasteiger partial charge is 0.511 e. The quantitative estimate of drug-likeness (QED) is 0.103. The van der Waals surface area contributed by atoms with E-state index in [1.54, 1.807) is 24.3 Å². The van der Waals surface area contributed by atoms with Crippen LogP contribution in [0.25, 0.3) is 21.9 Å². The maximum atomic E-state index is 11.7. The predicted octanol–water partition coefficient (Wildman–Crippen LogP) is 13.1. The van der Waals surface area contributed by atoms with E-state index in [9.17, 15) is 20.4 Å². The number of phenols is 2. The topological polar surface area (TPSA) is 80.9 Å². The van der Waals surface area contributed by atoms with Crippen molar-refractivity contribution in [2.75, 3.05) is 0 Å². The molecule has 2 aliphatic rings. The summed E-state index contributed by atoms with van der Waals surface area (Å²) >= 11 is 0. The number of phenolic OH excluding ortho intramolecular Hbond substituents is 2. The second-order valence-electron chi connectivity index (χ2n) is 16.8. The first-order valence-electron chi connectivity index (χ1n) is 18.8. The standard InChI is InChI=1S/C50H54O4/c1-10-47(4,5)49(8)27-25-34(19-23-44(49)53)37-17-21-42(51)40(30-37)46(39-16-15-33-13-11-12-14-36(33)29-39)41-31-38(18-22-43(41)52)35-20-24-45(54)50(9,28-26-35)48(6,7)32(2)3/h10-32,46,51-54H,1H2,2-9H3. The molecular formula is C50H54O4. The smallest absolute Gasteiger partial charge is 0.119 e. The fourth-order valence-electron chi connectivity index (χ4n) is 7.61. The number of allylic oxidation sites excluding steroid dienone is 11. The van der Waals surface area contributed by atoms with Crippen molar-refractivity contribution in [3.05, 3.63) is 179 Å². The monoisotopic (exact) mass is 718 g/mol. The fraction of sp³-hybridized carbons (Fsp3) is 0.280. The second-order valence-corrected chi connectivity index (χ2v) is 16.8. The van der Waals surface area contributed by atoms with Crippen LogP contribution in [0.2, 0.25) is 0 Å². The third kappa shape index (κ3) is 6.53. The van der Waals surface area contributed by atoms with Gasteiger partial charge in [-0.15, -0.1) is 6.58 Å². The highest BCUT2D eigenvalue weighted by Crippen LogP contribution is 2.52. The van der Waals surface area contributed by atoms with E-state index in [1.165, 1.54) is 0 Å². The molecule has 6 rings (SSSR count). The number of aliphatic hydroxyl groups is 2. The van der Waals surface area contributed by atoms with Gasteiger partial charge in [0.25, 0.3) is 0 Å². The van der Waals surface area contributed by atoms with Crippen LogP contribution in [-0.4, -0.2) is 20.4 Å². The van der Waals surface area contributed by atoms with Gasteiger partial charge in [-0.05, 0) is 106 Å². The minimum atomic E-state index is -0.679. The van der Waals surface area contributed by atoms with Gasteiger partial charge in [0.15, 0.2) is 0 Å². The Kier molecular flexibility index (Phi) is 9.96. The maximum Gasteiger partial charge on any atom is 0.119 e. The van der Waals surface area contributed by atoms with Gasteiger partial charge < -0.3 is 20.4 Å². The molecule has 2 aliphatic carbocycles. The Labute approximate surface area is 321 Å². The Morgan fingerprint density at radius 1 is 0.611 bits per heavy atom. The summed E-state index contributed by atoms with van der Waals surface area (Å²) < 4.78 is 0. The zero-order chi connectivity index (χ0) is 39.2. The molecule has 4 N–H and O–H groups in total. The molecule has 278 valence electrons. The van der Waals surface area contributed by atoms with E-state index in [4.69, 9.17) is 0 Å². The third-order valence-corrected chi connectivity index (χ3v) is 13.2. The van der Waals surface area contributed by atoms with Gasteiger partial charge in [-0.25, -0.2) is 0 Å². The fourth-order valence-corrected chi connectivity index (χ4v) is 7.61. The molecule has 4 aromatic carbocycles. The summed E-state index contributed by atoms with van der Waals surface area (Å²) in [7, 11) is 0. The summed E-state index contributed by atoms with van der Waals surface area (Å²) in [4.78, 5) is 0. The van der Waals surface area contributed by atoms with Crippen LogP contribution in [0, 0.1) is 27.6 Å². The lowest BCUT2D eigenvalue weighted by atomic mass is 9.60. The van der Waals surface area contributed by atoms with Crippen molar-refractivity contribution >= 4 is 21.9 Å². The number of rotatable bonds is 9. The second kappa shape index (κ2) is 14.1. The van der Waals surface area contributed by atoms with Crippen molar-refractivity contribution < 1.29 is 20.4 Å². The Balaban J connectivity index is 1.51. The van der Waals surface area contributed by atoms with E-state index in [-0.39, 0.29) is 22.7 Å². The molecule has 3 unspecified atom stereocenters.